The number of esters is 1. The van der Waals surface area contributed by atoms with Crippen molar-refractivity contribution >= 4 is 11.9 Å². The molecule has 7 heteroatoms. The number of carbonyl (C=O) groups excluding carboxylic acids is 2. The molecule has 4 aromatic carbocycles. The molecule has 4 rings (SSSR count). The van der Waals surface area contributed by atoms with Crippen molar-refractivity contribution in [3.05, 3.63) is 125 Å². The number of methoxy groups -OCH3 is 2. The predicted molar refractivity (Wildman–Crippen MR) is 147 cm³/mol. The number of ether oxygens (including phenoxy) is 3. The molecule has 4 aromatic rings. The van der Waals surface area contributed by atoms with E-state index in [-0.39, 0.29) is 11.7 Å². The molecule has 0 aliphatic rings. The number of nitrogens with zero attached hydrogens (tertiary/aromatic N) is 1. The Balaban J connectivity index is 1.49. The van der Waals surface area contributed by atoms with Gasteiger partial charge in [0.1, 0.15) is 11.6 Å². The van der Waals surface area contributed by atoms with Crippen LogP contribution in [0.5, 0.6) is 17.2 Å². The first-order chi connectivity index (χ1) is 19.0. The second-order valence-electron chi connectivity index (χ2n) is 8.93. The van der Waals surface area contributed by atoms with Crippen LogP contribution in [0, 0.1) is 5.82 Å². The predicted octanol–water partition coefficient (Wildman–Crippen LogP) is 6.69. The summed E-state index contributed by atoms with van der Waals surface area (Å²) >= 11 is 0. The Bertz CT molecular complexity index is 1400. The van der Waals surface area contributed by atoms with Crippen LogP contribution in [0.2, 0.25) is 0 Å². The average molecular weight is 528 g/mol. The summed E-state index contributed by atoms with van der Waals surface area (Å²) in [5, 5.41) is 0. The summed E-state index contributed by atoms with van der Waals surface area (Å²) in [6.45, 7) is 0.816. The molecule has 0 aromatic heterocycles. The van der Waals surface area contributed by atoms with Crippen molar-refractivity contribution in [3.8, 4) is 17.2 Å². The van der Waals surface area contributed by atoms with Gasteiger partial charge in [-0.2, -0.15) is 0 Å². The molecule has 0 N–H and O–H groups in total. The molecule has 6 nitrogen and oxygen atoms in total. The van der Waals surface area contributed by atoms with Crippen LogP contribution < -0.4 is 9.47 Å². The highest BCUT2D eigenvalue weighted by atomic mass is 19.1. The van der Waals surface area contributed by atoms with E-state index < -0.39 is 5.97 Å². The summed E-state index contributed by atoms with van der Waals surface area (Å²) in [5.41, 5.74) is 2.70. The van der Waals surface area contributed by atoms with E-state index in [1.807, 2.05) is 42.5 Å². The second kappa shape index (κ2) is 13.2. The van der Waals surface area contributed by atoms with Crippen LogP contribution in [0.1, 0.15) is 38.3 Å². The highest BCUT2D eigenvalue weighted by Crippen LogP contribution is 2.31. The fourth-order valence-corrected chi connectivity index (χ4v) is 4.18. The highest BCUT2D eigenvalue weighted by Gasteiger charge is 2.17. The van der Waals surface area contributed by atoms with Crippen molar-refractivity contribution in [3.63, 3.8) is 0 Å². The SMILES string of the molecule is COC(=O)c1ccc(CN(CCCc2cccc(F)c2)C(=O)c2ccc(Oc3ccccc3OC)cc2)cc1. The minimum absolute atomic E-state index is 0.143. The fraction of sp³-hybridized carbons (Fsp3) is 0.188. The Hall–Kier alpha value is -4.65. The maximum atomic E-state index is 13.6. The van der Waals surface area contributed by atoms with Gasteiger partial charge in [-0.3, -0.25) is 4.79 Å². The van der Waals surface area contributed by atoms with Gasteiger partial charge in [0.05, 0.1) is 19.8 Å². The van der Waals surface area contributed by atoms with Gasteiger partial charge in [-0.15, -0.1) is 0 Å². The van der Waals surface area contributed by atoms with Crippen molar-refractivity contribution in [1.82, 2.24) is 4.90 Å². The van der Waals surface area contributed by atoms with E-state index in [2.05, 4.69) is 0 Å². The largest absolute Gasteiger partial charge is 0.493 e. The molecule has 0 aliphatic carbocycles. The second-order valence-corrected chi connectivity index (χ2v) is 8.93. The van der Waals surface area contributed by atoms with Crippen LogP contribution >= 0.6 is 0 Å². The van der Waals surface area contributed by atoms with E-state index >= 15 is 0 Å². The van der Waals surface area contributed by atoms with Gasteiger partial charge < -0.3 is 19.1 Å². The molecule has 0 heterocycles. The topological polar surface area (TPSA) is 65.1 Å². The Morgan fingerprint density at radius 3 is 2.13 bits per heavy atom. The lowest BCUT2D eigenvalue weighted by Crippen LogP contribution is -2.31. The fourth-order valence-electron chi connectivity index (χ4n) is 4.18. The Labute approximate surface area is 227 Å². The maximum absolute atomic E-state index is 13.6. The smallest absolute Gasteiger partial charge is 0.337 e. The standard InChI is InChI=1S/C32H30FNO5/c1-37-29-10-3-4-11-30(29)39-28-18-16-25(17-19-28)31(35)34(20-6-8-23-7-5-9-27(33)21-23)22-24-12-14-26(15-13-24)32(36)38-2/h3-5,7,9-19,21H,6,8,20,22H2,1-2H3. The third-order valence-corrected chi connectivity index (χ3v) is 6.22. The van der Waals surface area contributed by atoms with E-state index in [4.69, 9.17) is 14.2 Å². The number of rotatable bonds is 11. The van der Waals surface area contributed by atoms with Gasteiger partial charge in [0.2, 0.25) is 0 Å². The van der Waals surface area contributed by atoms with Crippen LogP contribution in [0.4, 0.5) is 4.39 Å². The maximum Gasteiger partial charge on any atom is 0.337 e. The molecule has 0 spiro atoms. The van der Waals surface area contributed by atoms with Crippen LogP contribution in [0.25, 0.3) is 0 Å². The molecule has 0 fully saturated rings. The Morgan fingerprint density at radius 2 is 1.46 bits per heavy atom. The molecule has 39 heavy (non-hydrogen) atoms. The van der Waals surface area contributed by atoms with Crippen LogP contribution in [0.3, 0.4) is 0 Å². The van der Waals surface area contributed by atoms with Crippen molar-refractivity contribution in [1.29, 1.82) is 0 Å². The molecule has 0 saturated heterocycles. The summed E-state index contributed by atoms with van der Waals surface area (Å²) < 4.78 is 29.6. The van der Waals surface area contributed by atoms with E-state index in [9.17, 15) is 14.0 Å². The summed E-state index contributed by atoms with van der Waals surface area (Å²) in [5.74, 6) is 0.928. The normalized spacial score (nSPS) is 10.5. The number of amides is 1. The first kappa shape index (κ1) is 27.4. The van der Waals surface area contributed by atoms with Gasteiger partial charge in [0, 0.05) is 18.7 Å². The molecular formula is C32H30FNO5. The number of para-hydroxylation sites is 2. The number of hydrogen-bond donors (Lipinski definition) is 0. The quantitative estimate of drug-likeness (QED) is 0.203. The molecule has 0 saturated carbocycles. The molecule has 1 amide bonds. The first-order valence-corrected chi connectivity index (χ1v) is 12.6. The van der Waals surface area contributed by atoms with E-state index in [0.29, 0.717) is 54.3 Å². The lowest BCUT2D eigenvalue weighted by Gasteiger charge is -2.23. The Kier molecular flexibility index (Phi) is 9.29. The number of halogens is 1. The average Bonchev–Trinajstić information content (AvgIpc) is 2.97. The number of hydrogen-bond acceptors (Lipinski definition) is 5. The van der Waals surface area contributed by atoms with Crippen LogP contribution in [-0.2, 0) is 17.7 Å². The lowest BCUT2D eigenvalue weighted by molar-refractivity contribution is 0.0600. The van der Waals surface area contributed by atoms with Crippen LogP contribution in [-0.4, -0.2) is 37.5 Å². The van der Waals surface area contributed by atoms with Gasteiger partial charge in [-0.1, -0.05) is 36.4 Å². The molecule has 0 radical (unpaired) electrons. The van der Waals surface area contributed by atoms with Crippen molar-refractivity contribution in [2.24, 2.45) is 0 Å². The summed E-state index contributed by atoms with van der Waals surface area (Å²) in [7, 11) is 2.91. The summed E-state index contributed by atoms with van der Waals surface area (Å²) in [6.07, 6.45) is 1.29. The van der Waals surface area contributed by atoms with Gasteiger partial charge in [0.25, 0.3) is 5.91 Å². The van der Waals surface area contributed by atoms with Crippen LogP contribution in [0.15, 0.2) is 97.1 Å². The van der Waals surface area contributed by atoms with E-state index in [1.54, 1.807) is 54.5 Å². The molecule has 0 bridgehead atoms. The third kappa shape index (κ3) is 7.45. The molecule has 0 aliphatic heterocycles. The summed E-state index contributed by atoms with van der Waals surface area (Å²) in [6, 6.07) is 27.8. The highest BCUT2D eigenvalue weighted by molar-refractivity contribution is 5.94. The van der Waals surface area contributed by atoms with Gasteiger partial charge in [-0.05, 0) is 84.6 Å². The van der Waals surface area contributed by atoms with Gasteiger partial charge in [-0.25, -0.2) is 9.18 Å². The zero-order chi connectivity index (χ0) is 27.6. The minimum atomic E-state index is -0.417. The Morgan fingerprint density at radius 1 is 0.769 bits per heavy atom. The minimum Gasteiger partial charge on any atom is -0.493 e. The van der Waals surface area contributed by atoms with E-state index in [0.717, 1.165) is 11.1 Å². The molecular weight excluding hydrogens is 497 g/mol. The van der Waals surface area contributed by atoms with Gasteiger partial charge in [0.15, 0.2) is 11.5 Å². The molecule has 0 atom stereocenters. The lowest BCUT2D eigenvalue weighted by atomic mass is 10.1. The number of aryl methyl sites for hydroxylation is 1. The third-order valence-electron chi connectivity index (χ3n) is 6.22. The molecule has 200 valence electrons. The zero-order valence-electron chi connectivity index (χ0n) is 21.9. The zero-order valence-corrected chi connectivity index (χ0v) is 21.9. The first-order valence-electron chi connectivity index (χ1n) is 12.6. The monoisotopic (exact) mass is 527 g/mol. The number of carbonyl (C=O) groups is 2. The number of benzene rings is 4. The van der Waals surface area contributed by atoms with Crippen molar-refractivity contribution < 1.29 is 28.2 Å². The molecule has 0 unspecified atom stereocenters. The van der Waals surface area contributed by atoms with Crippen molar-refractivity contribution in [2.45, 2.75) is 19.4 Å². The van der Waals surface area contributed by atoms with Crippen molar-refractivity contribution in [2.75, 3.05) is 20.8 Å². The summed E-state index contributed by atoms with van der Waals surface area (Å²) in [4.78, 5) is 27.1. The van der Waals surface area contributed by atoms with E-state index in [1.165, 1.54) is 19.2 Å². The van der Waals surface area contributed by atoms with Gasteiger partial charge >= 0.3 is 5.97 Å².